The highest BCUT2D eigenvalue weighted by molar-refractivity contribution is 7.98. The molecule has 0 saturated carbocycles. The molecule has 0 aromatic heterocycles. The summed E-state index contributed by atoms with van der Waals surface area (Å²) in [6.07, 6.45) is 2.02. The first-order valence-corrected chi connectivity index (χ1v) is 7.93. The molecule has 0 fully saturated rings. The summed E-state index contributed by atoms with van der Waals surface area (Å²) in [7, 11) is 0. The molecular weight excluding hydrogens is 278 g/mol. The van der Waals surface area contributed by atoms with Gasteiger partial charge >= 0.3 is 0 Å². The lowest BCUT2D eigenvalue weighted by Gasteiger charge is -2.07. The summed E-state index contributed by atoms with van der Waals surface area (Å²) in [6, 6.07) is 21.6. The molecule has 0 aliphatic heterocycles. The van der Waals surface area contributed by atoms with Gasteiger partial charge in [0.25, 0.3) is 5.91 Å². The lowest BCUT2D eigenvalue weighted by atomic mass is 10.1. The normalized spacial score (nSPS) is 10.5. The van der Waals surface area contributed by atoms with Crippen molar-refractivity contribution in [2.24, 2.45) is 0 Å². The van der Waals surface area contributed by atoms with Crippen LogP contribution in [0, 0.1) is 0 Å². The second-order valence-electron chi connectivity index (χ2n) is 4.74. The number of rotatable bonds is 3. The number of fused-ring (bicyclic) bond motifs is 1. The molecule has 1 amide bonds. The van der Waals surface area contributed by atoms with Crippen molar-refractivity contribution in [1.29, 1.82) is 0 Å². The predicted molar refractivity (Wildman–Crippen MR) is 90.1 cm³/mol. The van der Waals surface area contributed by atoms with Gasteiger partial charge in [0.1, 0.15) is 0 Å². The Kier molecular flexibility index (Phi) is 3.93. The molecule has 0 atom stereocenters. The summed E-state index contributed by atoms with van der Waals surface area (Å²) in [5, 5.41) is 5.23. The van der Waals surface area contributed by atoms with E-state index in [1.807, 2.05) is 66.9 Å². The third-order valence-electron chi connectivity index (χ3n) is 3.36. The zero-order valence-electron chi connectivity index (χ0n) is 11.7. The van der Waals surface area contributed by atoms with Crippen LogP contribution < -0.4 is 5.32 Å². The molecule has 0 aliphatic rings. The molecule has 0 unspecified atom stereocenters. The fourth-order valence-electron chi connectivity index (χ4n) is 2.21. The number of nitrogens with one attached hydrogen (secondary N) is 1. The number of carbonyl (C=O) groups excluding carboxylic acids is 1. The molecule has 3 heteroatoms. The Morgan fingerprint density at radius 2 is 1.62 bits per heavy atom. The summed E-state index contributed by atoms with van der Waals surface area (Å²) in [4.78, 5) is 13.4. The van der Waals surface area contributed by atoms with Crippen molar-refractivity contribution in [2.75, 3.05) is 11.6 Å². The molecule has 21 heavy (non-hydrogen) atoms. The highest BCUT2D eigenvalue weighted by Crippen LogP contribution is 2.20. The molecule has 0 radical (unpaired) electrons. The van der Waals surface area contributed by atoms with Crippen LogP contribution in [0.2, 0.25) is 0 Å². The molecule has 0 heterocycles. The highest BCUT2D eigenvalue weighted by atomic mass is 32.2. The third-order valence-corrected chi connectivity index (χ3v) is 4.10. The van der Waals surface area contributed by atoms with Crippen LogP contribution in [0.25, 0.3) is 10.8 Å². The summed E-state index contributed by atoms with van der Waals surface area (Å²) in [5.74, 6) is -0.0852. The minimum atomic E-state index is -0.0852. The predicted octanol–water partition coefficient (Wildman–Crippen LogP) is 4.81. The standard InChI is InChI=1S/C18H15NOS/c1-21-17-10-7-14(8-11-17)18(20)19-16-9-6-13-4-2-3-5-15(13)12-16/h2-12H,1H3,(H,19,20). The molecule has 1 N–H and O–H groups in total. The number of benzene rings is 3. The maximum Gasteiger partial charge on any atom is 0.255 e. The van der Waals surface area contributed by atoms with Crippen LogP contribution in [0.3, 0.4) is 0 Å². The largest absolute Gasteiger partial charge is 0.322 e. The maximum absolute atomic E-state index is 12.2. The highest BCUT2D eigenvalue weighted by Gasteiger charge is 2.06. The van der Waals surface area contributed by atoms with Gasteiger partial charge in [-0.15, -0.1) is 11.8 Å². The second kappa shape index (κ2) is 6.02. The van der Waals surface area contributed by atoms with Crippen molar-refractivity contribution >= 4 is 34.1 Å². The van der Waals surface area contributed by atoms with Crippen LogP contribution >= 0.6 is 11.8 Å². The first kappa shape index (κ1) is 13.7. The number of anilines is 1. The Morgan fingerprint density at radius 3 is 2.33 bits per heavy atom. The van der Waals surface area contributed by atoms with Gasteiger partial charge < -0.3 is 5.32 Å². The molecule has 2 nitrogen and oxygen atoms in total. The molecule has 0 aliphatic carbocycles. The zero-order chi connectivity index (χ0) is 14.7. The average molecular weight is 293 g/mol. The van der Waals surface area contributed by atoms with E-state index in [4.69, 9.17) is 0 Å². The molecule has 0 saturated heterocycles. The van der Waals surface area contributed by atoms with Gasteiger partial charge in [0.15, 0.2) is 0 Å². The van der Waals surface area contributed by atoms with Gasteiger partial charge in [0.05, 0.1) is 0 Å². The number of hydrogen-bond acceptors (Lipinski definition) is 2. The van der Waals surface area contributed by atoms with E-state index >= 15 is 0 Å². The van der Waals surface area contributed by atoms with Gasteiger partial charge in [0.2, 0.25) is 0 Å². The second-order valence-corrected chi connectivity index (χ2v) is 5.62. The van der Waals surface area contributed by atoms with Crippen LogP contribution in [0.4, 0.5) is 5.69 Å². The monoisotopic (exact) mass is 293 g/mol. The Morgan fingerprint density at radius 1 is 0.905 bits per heavy atom. The summed E-state index contributed by atoms with van der Waals surface area (Å²) < 4.78 is 0. The Labute approximate surface area is 128 Å². The first-order valence-electron chi connectivity index (χ1n) is 6.70. The summed E-state index contributed by atoms with van der Waals surface area (Å²) >= 11 is 1.66. The van der Waals surface area contributed by atoms with Crippen LogP contribution in [0.1, 0.15) is 10.4 Å². The van der Waals surface area contributed by atoms with Crippen molar-refractivity contribution in [2.45, 2.75) is 4.90 Å². The topological polar surface area (TPSA) is 29.1 Å². The average Bonchev–Trinajstić information content (AvgIpc) is 2.55. The molecule has 0 spiro atoms. The quantitative estimate of drug-likeness (QED) is 0.702. The SMILES string of the molecule is CSc1ccc(C(=O)Nc2ccc3ccccc3c2)cc1. The van der Waals surface area contributed by atoms with Crippen molar-refractivity contribution < 1.29 is 4.79 Å². The van der Waals surface area contributed by atoms with Crippen molar-refractivity contribution in [1.82, 2.24) is 0 Å². The summed E-state index contributed by atoms with van der Waals surface area (Å²) in [6.45, 7) is 0. The van der Waals surface area contributed by atoms with Crippen molar-refractivity contribution in [3.8, 4) is 0 Å². The summed E-state index contributed by atoms with van der Waals surface area (Å²) in [5.41, 5.74) is 1.48. The Balaban J connectivity index is 1.81. The van der Waals surface area contributed by atoms with E-state index in [1.54, 1.807) is 11.8 Å². The lowest BCUT2D eigenvalue weighted by molar-refractivity contribution is 0.102. The molecule has 3 rings (SSSR count). The minimum Gasteiger partial charge on any atom is -0.322 e. The molecular formula is C18H15NOS. The minimum absolute atomic E-state index is 0.0852. The smallest absolute Gasteiger partial charge is 0.255 e. The van der Waals surface area contributed by atoms with E-state index in [1.165, 1.54) is 5.39 Å². The fourth-order valence-corrected chi connectivity index (χ4v) is 2.62. The molecule has 3 aromatic carbocycles. The van der Waals surface area contributed by atoms with Gasteiger partial charge in [-0.1, -0.05) is 30.3 Å². The van der Waals surface area contributed by atoms with Crippen LogP contribution in [0.15, 0.2) is 71.6 Å². The van der Waals surface area contributed by atoms with Crippen LogP contribution in [-0.4, -0.2) is 12.2 Å². The van der Waals surface area contributed by atoms with Gasteiger partial charge in [-0.25, -0.2) is 0 Å². The number of thioether (sulfide) groups is 1. The van der Waals surface area contributed by atoms with E-state index in [2.05, 4.69) is 11.4 Å². The molecule has 104 valence electrons. The number of hydrogen-bond donors (Lipinski definition) is 1. The fraction of sp³-hybridized carbons (Fsp3) is 0.0556. The van der Waals surface area contributed by atoms with Crippen LogP contribution in [-0.2, 0) is 0 Å². The van der Waals surface area contributed by atoms with E-state index in [0.29, 0.717) is 5.56 Å². The van der Waals surface area contributed by atoms with Crippen LogP contribution in [0.5, 0.6) is 0 Å². The Hall–Kier alpha value is -2.26. The third kappa shape index (κ3) is 3.09. The maximum atomic E-state index is 12.2. The van der Waals surface area contributed by atoms with E-state index in [0.717, 1.165) is 16.0 Å². The van der Waals surface area contributed by atoms with Gasteiger partial charge in [-0.05, 0) is 53.4 Å². The van der Waals surface area contributed by atoms with Gasteiger partial charge in [-0.3, -0.25) is 4.79 Å². The van der Waals surface area contributed by atoms with Gasteiger partial charge in [-0.2, -0.15) is 0 Å². The van der Waals surface area contributed by atoms with E-state index < -0.39 is 0 Å². The Bertz CT molecular complexity index is 781. The molecule has 3 aromatic rings. The van der Waals surface area contributed by atoms with Gasteiger partial charge in [0, 0.05) is 16.1 Å². The van der Waals surface area contributed by atoms with E-state index in [-0.39, 0.29) is 5.91 Å². The van der Waals surface area contributed by atoms with Crippen molar-refractivity contribution in [3.63, 3.8) is 0 Å². The lowest BCUT2D eigenvalue weighted by Crippen LogP contribution is -2.11. The molecule has 0 bridgehead atoms. The van der Waals surface area contributed by atoms with E-state index in [9.17, 15) is 4.79 Å². The zero-order valence-corrected chi connectivity index (χ0v) is 12.5. The number of amides is 1. The number of carbonyl (C=O) groups is 1. The van der Waals surface area contributed by atoms with Crippen molar-refractivity contribution in [3.05, 3.63) is 72.3 Å². The first-order chi connectivity index (χ1) is 10.3.